The average Bonchev–Trinajstić information content (AvgIpc) is 3.24. The molecule has 1 aromatic heterocycles. The maximum Gasteiger partial charge on any atom is 0.277 e. The van der Waals surface area contributed by atoms with Gasteiger partial charge in [-0.05, 0) is 38.1 Å². The van der Waals surface area contributed by atoms with Crippen LogP contribution in [0.4, 0.5) is 4.39 Å². The van der Waals surface area contributed by atoms with E-state index in [2.05, 4.69) is 21.2 Å². The fourth-order valence-corrected chi connectivity index (χ4v) is 4.65. The van der Waals surface area contributed by atoms with Gasteiger partial charge in [0.2, 0.25) is 11.8 Å². The zero-order valence-corrected chi connectivity index (χ0v) is 19.5. The van der Waals surface area contributed by atoms with Crippen LogP contribution in [0.15, 0.2) is 46.0 Å². The molecule has 0 spiro atoms. The molecule has 0 aliphatic carbocycles. The first-order valence-corrected chi connectivity index (χ1v) is 11.7. The molecule has 1 fully saturated rings. The minimum atomic E-state index is -0.299. The lowest BCUT2D eigenvalue weighted by atomic mass is 10.1. The molecule has 9 heteroatoms. The van der Waals surface area contributed by atoms with E-state index in [1.807, 2.05) is 30.9 Å². The van der Waals surface area contributed by atoms with Crippen LogP contribution < -0.4 is 0 Å². The third kappa shape index (κ3) is 5.49. The van der Waals surface area contributed by atoms with E-state index in [-0.39, 0.29) is 17.5 Å². The van der Waals surface area contributed by atoms with Crippen LogP contribution >= 0.6 is 23.4 Å². The number of hydrogen-bond acceptors (Lipinski definition) is 6. The third-order valence-corrected chi connectivity index (χ3v) is 6.52. The maximum absolute atomic E-state index is 14.0. The molecule has 0 bridgehead atoms. The molecule has 0 atom stereocenters. The summed E-state index contributed by atoms with van der Waals surface area (Å²) in [5.41, 5.74) is 3.62. The van der Waals surface area contributed by atoms with Gasteiger partial charge in [-0.1, -0.05) is 46.6 Å². The SMILES string of the molecule is Cc1cc(C)cc(-c2nnc(SCC(=O)N3CCN(Cc4c(F)cccc4Cl)CC3)o2)c1. The summed E-state index contributed by atoms with van der Waals surface area (Å²) in [6.07, 6.45) is 0. The molecule has 3 aromatic rings. The Morgan fingerprint density at radius 3 is 2.53 bits per heavy atom. The number of thioether (sulfide) groups is 1. The summed E-state index contributed by atoms with van der Waals surface area (Å²) < 4.78 is 19.8. The third-order valence-electron chi connectivity index (χ3n) is 5.36. The fourth-order valence-electron chi connectivity index (χ4n) is 3.76. The molecule has 6 nitrogen and oxygen atoms in total. The summed E-state index contributed by atoms with van der Waals surface area (Å²) >= 11 is 7.37. The molecular weight excluding hydrogens is 451 g/mol. The number of piperazine rings is 1. The van der Waals surface area contributed by atoms with Crippen molar-refractivity contribution in [3.63, 3.8) is 0 Å². The molecule has 2 aromatic carbocycles. The van der Waals surface area contributed by atoms with Crippen molar-refractivity contribution in [2.45, 2.75) is 25.6 Å². The summed E-state index contributed by atoms with van der Waals surface area (Å²) in [6.45, 7) is 6.98. The molecule has 1 aliphatic heterocycles. The largest absolute Gasteiger partial charge is 0.411 e. The van der Waals surface area contributed by atoms with E-state index < -0.39 is 0 Å². The van der Waals surface area contributed by atoms with Gasteiger partial charge in [0, 0.05) is 48.9 Å². The van der Waals surface area contributed by atoms with Crippen LogP contribution in [0.5, 0.6) is 0 Å². The van der Waals surface area contributed by atoms with Crippen molar-refractivity contribution in [1.82, 2.24) is 20.0 Å². The van der Waals surface area contributed by atoms with Crippen LogP contribution in [0.25, 0.3) is 11.5 Å². The monoisotopic (exact) mass is 474 g/mol. The van der Waals surface area contributed by atoms with E-state index in [9.17, 15) is 9.18 Å². The van der Waals surface area contributed by atoms with E-state index in [0.29, 0.717) is 54.4 Å². The van der Waals surface area contributed by atoms with Gasteiger partial charge >= 0.3 is 0 Å². The van der Waals surface area contributed by atoms with E-state index in [1.54, 1.807) is 12.1 Å². The zero-order chi connectivity index (χ0) is 22.7. The van der Waals surface area contributed by atoms with Gasteiger partial charge in [0.05, 0.1) is 5.75 Å². The van der Waals surface area contributed by atoms with Gasteiger partial charge in [-0.2, -0.15) is 0 Å². The second-order valence-electron chi connectivity index (χ2n) is 7.90. The van der Waals surface area contributed by atoms with Crippen molar-refractivity contribution in [1.29, 1.82) is 0 Å². The lowest BCUT2D eigenvalue weighted by molar-refractivity contribution is -0.130. The summed E-state index contributed by atoms with van der Waals surface area (Å²) in [6, 6.07) is 10.8. The van der Waals surface area contributed by atoms with Gasteiger partial charge in [0.25, 0.3) is 5.22 Å². The molecule has 32 heavy (non-hydrogen) atoms. The summed E-state index contributed by atoms with van der Waals surface area (Å²) in [4.78, 5) is 16.5. The molecule has 0 unspecified atom stereocenters. The van der Waals surface area contributed by atoms with Gasteiger partial charge in [-0.15, -0.1) is 10.2 Å². The summed E-state index contributed by atoms with van der Waals surface area (Å²) in [5.74, 6) is 0.400. The number of hydrogen-bond donors (Lipinski definition) is 0. The Kier molecular flexibility index (Phi) is 7.13. The number of amides is 1. The van der Waals surface area contributed by atoms with Crippen molar-refractivity contribution in [3.8, 4) is 11.5 Å². The highest BCUT2D eigenvalue weighted by Gasteiger charge is 2.23. The number of carbonyl (C=O) groups is 1. The van der Waals surface area contributed by atoms with Gasteiger partial charge in [0.15, 0.2) is 0 Å². The highest BCUT2D eigenvalue weighted by Crippen LogP contribution is 2.25. The number of carbonyl (C=O) groups excluding carboxylic acids is 1. The van der Waals surface area contributed by atoms with E-state index in [0.717, 1.165) is 16.7 Å². The van der Waals surface area contributed by atoms with Crippen LogP contribution in [0.3, 0.4) is 0 Å². The lowest BCUT2D eigenvalue weighted by Crippen LogP contribution is -2.48. The number of rotatable bonds is 6. The highest BCUT2D eigenvalue weighted by atomic mass is 35.5. The van der Waals surface area contributed by atoms with Gasteiger partial charge in [-0.3, -0.25) is 9.69 Å². The van der Waals surface area contributed by atoms with E-state index >= 15 is 0 Å². The molecule has 1 aliphatic rings. The van der Waals surface area contributed by atoms with E-state index in [4.69, 9.17) is 16.0 Å². The Bertz CT molecular complexity index is 1070. The highest BCUT2D eigenvalue weighted by molar-refractivity contribution is 7.99. The quantitative estimate of drug-likeness (QED) is 0.487. The first-order valence-electron chi connectivity index (χ1n) is 10.4. The van der Waals surface area contributed by atoms with Crippen LogP contribution in [0.2, 0.25) is 5.02 Å². The molecular formula is C23H24ClFN4O2S. The van der Waals surface area contributed by atoms with Crippen LogP contribution in [-0.4, -0.2) is 57.8 Å². The topological polar surface area (TPSA) is 62.5 Å². The van der Waals surface area contributed by atoms with Crippen LogP contribution in [0, 0.1) is 19.7 Å². The number of benzene rings is 2. The fraction of sp³-hybridized carbons (Fsp3) is 0.348. The van der Waals surface area contributed by atoms with E-state index in [1.165, 1.54) is 17.8 Å². The standard InChI is InChI=1S/C23H24ClFN4O2S/c1-15-10-16(2)12-17(11-15)22-26-27-23(31-22)32-14-21(30)29-8-6-28(7-9-29)13-18-19(24)4-3-5-20(18)25/h3-5,10-12H,6-9,13-14H2,1-2H3. The lowest BCUT2D eigenvalue weighted by Gasteiger charge is -2.34. The first kappa shape index (κ1) is 22.8. The first-order chi connectivity index (χ1) is 15.4. The van der Waals surface area contributed by atoms with Gasteiger partial charge in [0.1, 0.15) is 5.82 Å². The van der Waals surface area contributed by atoms with Crippen molar-refractivity contribution in [3.05, 3.63) is 63.9 Å². The van der Waals surface area contributed by atoms with Crippen LogP contribution in [-0.2, 0) is 11.3 Å². The Hall–Kier alpha value is -2.42. The molecule has 168 valence electrons. The molecule has 4 rings (SSSR count). The smallest absolute Gasteiger partial charge is 0.277 e. The molecule has 0 saturated carbocycles. The average molecular weight is 475 g/mol. The molecule has 0 N–H and O–H groups in total. The minimum Gasteiger partial charge on any atom is -0.411 e. The molecule has 2 heterocycles. The summed E-state index contributed by atoms with van der Waals surface area (Å²) in [5, 5.41) is 8.98. The second kappa shape index (κ2) is 10.0. The van der Waals surface area contributed by atoms with Crippen molar-refractivity contribution < 1.29 is 13.6 Å². The number of halogens is 2. The Morgan fingerprint density at radius 1 is 1.12 bits per heavy atom. The second-order valence-corrected chi connectivity index (χ2v) is 9.23. The predicted octanol–water partition coefficient (Wildman–Crippen LogP) is 4.58. The molecule has 1 amide bonds. The van der Waals surface area contributed by atoms with Gasteiger partial charge < -0.3 is 9.32 Å². The Labute approximate surface area is 195 Å². The Morgan fingerprint density at radius 2 is 1.84 bits per heavy atom. The van der Waals surface area contributed by atoms with Crippen LogP contribution in [0.1, 0.15) is 16.7 Å². The zero-order valence-electron chi connectivity index (χ0n) is 18.0. The normalized spacial score (nSPS) is 14.7. The number of aromatic nitrogens is 2. The maximum atomic E-state index is 14.0. The molecule has 0 radical (unpaired) electrons. The van der Waals surface area contributed by atoms with Crippen molar-refractivity contribution in [2.75, 3.05) is 31.9 Å². The van der Waals surface area contributed by atoms with Crippen molar-refractivity contribution in [2.24, 2.45) is 0 Å². The predicted molar refractivity (Wildman–Crippen MR) is 123 cm³/mol. The minimum absolute atomic E-state index is 0.0183. The van der Waals surface area contributed by atoms with Crippen molar-refractivity contribution >= 4 is 29.3 Å². The summed E-state index contributed by atoms with van der Waals surface area (Å²) in [7, 11) is 0. The number of nitrogens with zero attached hydrogens (tertiary/aromatic N) is 4. The Balaban J connectivity index is 1.27. The number of aryl methyl sites for hydroxylation is 2. The molecule has 1 saturated heterocycles. The van der Waals surface area contributed by atoms with Gasteiger partial charge in [-0.25, -0.2) is 4.39 Å².